The lowest BCUT2D eigenvalue weighted by molar-refractivity contribution is 0.0993. The summed E-state index contributed by atoms with van der Waals surface area (Å²) in [5, 5.41) is 0. The fourth-order valence-electron chi connectivity index (χ4n) is 2.69. The van der Waals surface area contributed by atoms with E-state index in [1.807, 2.05) is 54.8 Å². The summed E-state index contributed by atoms with van der Waals surface area (Å²) in [6.45, 7) is 6.25. The molecule has 5 nitrogen and oxygen atoms in total. The maximum atomic E-state index is 12.8. The van der Waals surface area contributed by atoms with Gasteiger partial charge in [-0.1, -0.05) is 35.6 Å². The molecule has 0 aliphatic rings. The van der Waals surface area contributed by atoms with Crippen LogP contribution in [0.25, 0.3) is 10.2 Å². The second-order valence-electron chi connectivity index (χ2n) is 5.55. The Labute approximate surface area is 156 Å². The average Bonchev–Trinajstić information content (AvgIpc) is 3.00. The lowest BCUT2D eigenvalue weighted by Gasteiger charge is -2.07. The molecule has 3 aromatic rings. The number of aromatic nitrogens is 1. The number of carbonyl (C=O) groups is 1. The summed E-state index contributed by atoms with van der Waals surface area (Å²) in [6, 6.07) is 15.3. The Balaban J connectivity index is 2.03. The number of thiazole rings is 1. The van der Waals surface area contributed by atoms with Gasteiger partial charge in [-0.25, -0.2) is 0 Å². The van der Waals surface area contributed by atoms with Crippen molar-refractivity contribution in [2.75, 3.05) is 19.8 Å². The Morgan fingerprint density at radius 1 is 1.08 bits per heavy atom. The van der Waals surface area contributed by atoms with Crippen LogP contribution >= 0.6 is 11.3 Å². The van der Waals surface area contributed by atoms with E-state index in [4.69, 9.17) is 9.47 Å². The predicted octanol–water partition coefficient (Wildman–Crippen LogP) is 3.88. The van der Waals surface area contributed by atoms with E-state index >= 15 is 0 Å². The maximum absolute atomic E-state index is 12.8. The lowest BCUT2D eigenvalue weighted by atomic mass is 10.2. The second kappa shape index (κ2) is 8.78. The SMILES string of the molecule is CCOCCn1c(=NC(=O)c2ccccc2OCC)sc2ccccc21. The first-order valence-corrected chi connectivity index (χ1v) is 9.53. The molecule has 0 N–H and O–H groups in total. The molecule has 0 aliphatic heterocycles. The van der Waals surface area contributed by atoms with Crippen molar-refractivity contribution in [3.63, 3.8) is 0 Å². The Bertz CT molecular complexity index is 959. The number of benzene rings is 2. The van der Waals surface area contributed by atoms with E-state index in [2.05, 4.69) is 4.99 Å². The van der Waals surface area contributed by atoms with E-state index in [9.17, 15) is 4.79 Å². The fraction of sp³-hybridized carbons (Fsp3) is 0.300. The Kier molecular flexibility index (Phi) is 6.20. The summed E-state index contributed by atoms with van der Waals surface area (Å²) in [5.41, 5.74) is 1.53. The molecule has 0 atom stereocenters. The summed E-state index contributed by atoms with van der Waals surface area (Å²) < 4.78 is 14.2. The highest BCUT2D eigenvalue weighted by atomic mass is 32.1. The van der Waals surface area contributed by atoms with E-state index < -0.39 is 0 Å². The van der Waals surface area contributed by atoms with Gasteiger partial charge in [-0.05, 0) is 38.1 Å². The summed E-state index contributed by atoms with van der Waals surface area (Å²) in [7, 11) is 0. The van der Waals surface area contributed by atoms with Gasteiger partial charge >= 0.3 is 0 Å². The minimum absolute atomic E-state index is 0.300. The van der Waals surface area contributed by atoms with E-state index in [0.29, 0.717) is 42.5 Å². The molecule has 1 heterocycles. The molecule has 136 valence electrons. The first kappa shape index (κ1) is 18.4. The highest BCUT2D eigenvalue weighted by Gasteiger charge is 2.13. The molecular formula is C20H22N2O3S. The van der Waals surface area contributed by atoms with Gasteiger partial charge in [0.05, 0.1) is 29.0 Å². The molecule has 0 aliphatic carbocycles. The molecule has 2 aromatic carbocycles. The van der Waals surface area contributed by atoms with E-state index in [-0.39, 0.29) is 5.91 Å². The molecule has 1 aromatic heterocycles. The van der Waals surface area contributed by atoms with Crippen molar-refractivity contribution in [3.8, 4) is 5.75 Å². The first-order chi connectivity index (χ1) is 12.7. The van der Waals surface area contributed by atoms with Crippen molar-refractivity contribution in [3.05, 3.63) is 58.9 Å². The molecule has 0 saturated carbocycles. The van der Waals surface area contributed by atoms with Gasteiger partial charge in [0, 0.05) is 13.2 Å². The molecule has 0 bridgehead atoms. The van der Waals surface area contributed by atoms with Crippen molar-refractivity contribution in [2.24, 2.45) is 4.99 Å². The van der Waals surface area contributed by atoms with Gasteiger partial charge in [0.25, 0.3) is 5.91 Å². The first-order valence-electron chi connectivity index (χ1n) is 8.71. The third-order valence-corrected chi connectivity index (χ3v) is 4.93. The zero-order chi connectivity index (χ0) is 18.4. The lowest BCUT2D eigenvalue weighted by Crippen LogP contribution is -2.20. The maximum Gasteiger partial charge on any atom is 0.283 e. The Hall–Kier alpha value is -2.44. The Morgan fingerprint density at radius 2 is 1.85 bits per heavy atom. The highest BCUT2D eigenvalue weighted by molar-refractivity contribution is 7.16. The quantitative estimate of drug-likeness (QED) is 0.593. The van der Waals surface area contributed by atoms with Crippen LogP contribution in [0.3, 0.4) is 0 Å². The van der Waals surface area contributed by atoms with Crippen LogP contribution in [0.1, 0.15) is 24.2 Å². The number of hydrogen-bond acceptors (Lipinski definition) is 4. The summed E-state index contributed by atoms with van der Waals surface area (Å²) in [6.07, 6.45) is 0. The third kappa shape index (κ3) is 4.03. The van der Waals surface area contributed by atoms with E-state index in [1.54, 1.807) is 12.1 Å². The van der Waals surface area contributed by atoms with Crippen LogP contribution in [0.4, 0.5) is 0 Å². The summed E-state index contributed by atoms with van der Waals surface area (Å²) in [5.74, 6) is 0.261. The minimum Gasteiger partial charge on any atom is -0.493 e. The topological polar surface area (TPSA) is 52.8 Å². The normalized spacial score (nSPS) is 11.8. The number of amides is 1. The van der Waals surface area contributed by atoms with Gasteiger partial charge < -0.3 is 14.0 Å². The van der Waals surface area contributed by atoms with Gasteiger partial charge in [-0.3, -0.25) is 4.79 Å². The van der Waals surface area contributed by atoms with Crippen LogP contribution < -0.4 is 9.54 Å². The number of hydrogen-bond donors (Lipinski definition) is 0. The third-order valence-electron chi connectivity index (χ3n) is 3.87. The summed E-state index contributed by atoms with van der Waals surface area (Å²) in [4.78, 5) is 17.8. The minimum atomic E-state index is -0.300. The smallest absolute Gasteiger partial charge is 0.283 e. The average molecular weight is 370 g/mol. The molecule has 3 rings (SSSR count). The molecule has 26 heavy (non-hydrogen) atoms. The van der Waals surface area contributed by atoms with Crippen molar-refractivity contribution in [1.82, 2.24) is 4.57 Å². The second-order valence-corrected chi connectivity index (χ2v) is 6.56. The number of fused-ring (bicyclic) bond motifs is 1. The number of nitrogens with zero attached hydrogens (tertiary/aromatic N) is 2. The number of para-hydroxylation sites is 2. The molecule has 0 radical (unpaired) electrons. The van der Waals surface area contributed by atoms with Crippen molar-refractivity contribution in [1.29, 1.82) is 0 Å². The molecular weight excluding hydrogens is 348 g/mol. The number of ether oxygens (including phenoxy) is 2. The van der Waals surface area contributed by atoms with Crippen LogP contribution in [0.5, 0.6) is 5.75 Å². The van der Waals surface area contributed by atoms with Crippen LogP contribution in [-0.2, 0) is 11.3 Å². The standard InChI is InChI=1S/C20H22N2O3S/c1-3-24-14-13-22-16-10-6-8-12-18(16)26-20(22)21-19(23)15-9-5-7-11-17(15)25-4-2/h5-12H,3-4,13-14H2,1-2H3. The van der Waals surface area contributed by atoms with Gasteiger partial charge in [0.15, 0.2) is 4.80 Å². The van der Waals surface area contributed by atoms with E-state index in [1.165, 1.54) is 11.3 Å². The number of rotatable bonds is 7. The molecule has 6 heteroatoms. The van der Waals surface area contributed by atoms with Crippen molar-refractivity contribution in [2.45, 2.75) is 20.4 Å². The largest absolute Gasteiger partial charge is 0.493 e. The highest BCUT2D eigenvalue weighted by Crippen LogP contribution is 2.20. The monoisotopic (exact) mass is 370 g/mol. The molecule has 1 amide bonds. The zero-order valence-electron chi connectivity index (χ0n) is 15.0. The van der Waals surface area contributed by atoms with Gasteiger partial charge in [0.1, 0.15) is 5.75 Å². The van der Waals surface area contributed by atoms with Gasteiger partial charge in [0.2, 0.25) is 0 Å². The van der Waals surface area contributed by atoms with Crippen molar-refractivity contribution < 1.29 is 14.3 Å². The van der Waals surface area contributed by atoms with Crippen LogP contribution in [0.2, 0.25) is 0 Å². The van der Waals surface area contributed by atoms with Crippen LogP contribution in [0.15, 0.2) is 53.5 Å². The predicted molar refractivity (Wildman–Crippen MR) is 104 cm³/mol. The van der Waals surface area contributed by atoms with Gasteiger partial charge in [-0.15, -0.1) is 0 Å². The van der Waals surface area contributed by atoms with Gasteiger partial charge in [-0.2, -0.15) is 4.99 Å². The van der Waals surface area contributed by atoms with Crippen LogP contribution in [-0.4, -0.2) is 30.3 Å². The molecule has 0 unspecified atom stereocenters. The number of carbonyl (C=O) groups excluding carboxylic acids is 1. The zero-order valence-corrected chi connectivity index (χ0v) is 15.8. The molecule has 0 saturated heterocycles. The molecule has 0 fully saturated rings. The summed E-state index contributed by atoms with van der Waals surface area (Å²) >= 11 is 1.50. The molecule has 0 spiro atoms. The van der Waals surface area contributed by atoms with Crippen LogP contribution in [0, 0.1) is 0 Å². The fourth-order valence-corrected chi connectivity index (χ4v) is 3.75. The van der Waals surface area contributed by atoms with Crippen molar-refractivity contribution >= 4 is 27.5 Å². The van der Waals surface area contributed by atoms with E-state index in [0.717, 1.165) is 10.2 Å². The Morgan fingerprint density at radius 3 is 2.65 bits per heavy atom.